The van der Waals surface area contributed by atoms with Gasteiger partial charge in [-0.25, -0.2) is 0 Å². The molecule has 0 aromatic rings. The maximum absolute atomic E-state index is 2.51. The minimum atomic E-state index is 0.458. The van der Waals surface area contributed by atoms with E-state index in [0.717, 1.165) is 0 Å². The van der Waals surface area contributed by atoms with Crippen LogP contribution in [0.2, 0.25) is 0 Å². The van der Waals surface area contributed by atoms with E-state index in [2.05, 4.69) is 74.7 Å². The molecule has 0 amide bonds. The molecule has 0 saturated heterocycles. The number of hydrogen-bond donors (Lipinski definition) is 0. The Morgan fingerprint density at radius 3 is 1.91 bits per heavy atom. The molecule has 0 aliphatic carbocycles. The van der Waals surface area contributed by atoms with Crippen molar-refractivity contribution in [3.63, 3.8) is 0 Å². The Kier molecular flexibility index (Phi) is 9.09. The van der Waals surface area contributed by atoms with Crippen molar-refractivity contribution in [3.05, 3.63) is 0 Å². The van der Waals surface area contributed by atoms with Crippen LogP contribution >= 0.6 is 67.8 Å². The van der Waals surface area contributed by atoms with Gasteiger partial charge in [0.2, 0.25) is 0 Å². The average molecular weight is 492 g/mol. The molecule has 0 aromatic carbocycles. The van der Waals surface area contributed by atoms with Crippen LogP contribution in [0.15, 0.2) is 0 Å². The lowest BCUT2D eigenvalue weighted by Crippen LogP contribution is -1.97. The van der Waals surface area contributed by atoms with Crippen molar-refractivity contribution in [1.82, 2.24) is 0 Å². The molecule has 0 N–H and O–H groups in total. The third-order valence-electron chi connectivity index (χ3n) is 1.56. The Morgan fingerprint density at radius 1 is 0.909 bits per heavy atom. The zero-order valence-electron chi connectivity index (χ0n) is 6.88. The summed E-state index contributed by atoms with van der Waals surface area (Å²) in [6, 6.07) is 0. The number of alkyl halides is 3. The molecular formula is C8H15I3. The summed E-state index contributed by atoms with van der Waals surface area (Å²) in [6.07, 6.45) is 8.36. The Balaban J connectivity index is 3.02. The van der Waals surface area contributed by atoms with Gasteiger partial charge in [-0.3, -0.25) is 0 Å². The van der Waals surface area contributed by atoms with Crippen molar-refractivity contribution in [1.29, 1.82) is 0 Å². The van der Waals surface area contributed by atoms with Gasteiger partial charge in [0, 0.05) is 0 Å². The second-order valence-electron chi connectivity index (χ2n) is 2.78. The van der Waals surface area contributed by atoms with Gasteiger partial charge < -0.3 is 0 Å². The van der Waals surface area contributed by atoms with E-state index in [0.29, 0.717) is -0.565 Å². The molecule has 0 rings (SSSR count). The molecule has 0 aromatic heterocycles. The molecule has 0 fully saturated rings. The van der Waals surface area contributed by atoms with E-state index in [-0.39, 0.29) is 0 Å². The largest absolute Gasteiger partial charge is 0.124 e. The molecule has 68 valence electrons. The Labute approximate surface area is 111 Å². The highest BCUT2D eigenvalue weighted by Gasteiger charge is 2.15. The van der Waals surface area contributed by atoms with Crippen LogP contribution in [-0.2, 0) is 0 Å². The monoisotopic (exact) mass is 492 g/mol. The molecule has 0 atom stereocenters. The highest BCUT2D eigenvalue weighted by Crippen LogP contribution is 2.40. The van der Waals surface area contributed by atoms with E-state index in [9.17, 15) is 0 Å². The normalized spacial score (nSPS) is 12.0. The van der Waals surface area contributed by atoms with Gasteiger partial charge in [0.1, 0.15) is -0.565 Å². The average Bonchev–Trinajstić information content (AvgIpc) is 1.85. The molecule has 11 heavy (non-hydrogen) atoms. The molecule has 0 aliphatic heterocycles. The van der Waals surface area contributed by atoms with E-state index in [4.69, 9.17) is 0 Å². The van der Waals surface area contributed by atoms with Crippen molar-refractivity contribution < 1.29 is 0 Å². The molecule has 0 bridgehead atoms. The first kappa shape index (κ1) is 13.2. The van der Waals surface area contributed by atoms with Crippen molar-refractivity contribution in [3.8, 4) is 0 Å². The van der Waals surface area contributed by atoms with E-state index < -0.39 is 0 Å². The molecule has 0 saturated carbocycles. The Bertz CT molecular complexity index is 85.8. The third-order valence-corrected chi connectivity index (χ3v) is 3.18. The third kappa shape index (κ3) is 12.2. The number of rotatable bonds is 6. The molecule has 0 heterocycles. The van der Waals surface area contributed by atoms with Crippen molar-refractivity contribution >= 4 is 67.8 Å². The lowest BCUT2D eigenvalue weighted by Gasteiger charge is -2.10. The molecular weight excluding hydrogens is 477 g/mol. The molecule has 3 heteroatoms. The zero-order valence-corrected chi connectivity index (χ0v) is 13.3. The Hall–Kier alpha value is 2.19. The summed E-state index contributed by atoms with van der Waals surface area (Å²) < 4.78 is 0.458. The first-order valence-corrected chi connectivity index (χ1v) is 7.36. The summed E-state index contributed by atoms with van der Waals surface area (Å²) in [4.78, 5) is 0. The minimum Gasteiger partial charge on any atom is -0.0654 e. The van der Waals surface area contributed by atoms with E-state index in [1.807, 2.05) is 0 Å². The van der Waals surface area contributed by atoms with Crippen molar-refractivity contribution in [2.45, 2.75) is 44.9 Å². The maximum Gasteiger partial charge on any atom is 0.124 e. The van der Waals surface area contributed by atoms with Crippen molar-refractivity contribution in [2.75, 3.05) is 0 Å². The van der Waals surface area contributed by atoms with E-state index in [1.54, 1.807) is 0 Å². The molecule has 0 spiro atoms. The van der Waals surface area contributed by atoms with Crippen LogP contribution in [0.5, 0.6) is 0 Å². The van der Waals surface area contributed by atoms with Crippen LogP contribution in [0, 0.1) is 0 Å². The van der Waals surface area contributed by atoms with Gasteiger partial charge >= 0.3 is 0 Å². The SMILES string of the molecule is CCCCCCCC(I)(I)I. The topological polar surface area (TPSA) is 0 Å². The molecule has 0 unspecified atom stereocenters. The van der Waals surface area contributed by atoms with Crippen molar-refractivity contribution in [2.24, 2.45) is 0 Å². The summed E-state index contributed by atoms with van der Waals surface area (Å²) in [5, 5.41) is 0. The summed E-state index contributed by atoms with van der Waals surface area (Å²) >= 11 is 7.53. The fourth-order valence-electron chi connectivity index (χ4n) is 0.929. The van der Waals surface area contributed by atoms with Gasteiger partial charge in [0.15, 0.2) is 0 Å². The van der Waals surface area contributed by atoms with Gasteiger partial charge in [-0.05, 0) is 6.42 Å². The predicted molar refractivity (Wildman–Crippen MR) is 78.2 cm³/mol. The van der Waals surface area contributed by atoms with Crippen LogP contribution < -0.4 is 0 Å². The summed E-state index contributed by atoms with van der Waals surface area (Å²) in [5.74, 6) is 0. The van der Waals surface area contributed by atoms with Gasteiger partial charge in [0.25, 0.3) is 0 Å². The number of hydrogen-bond acceptors (Lipinski definition) is 0. The number of halogens is 3. The molecule has 0 nitrogen and oxygen atoms in total. The van der Waals surface area contributed by atoms with Gasteiger partial charge in [-0.1, -0.05) is 107 Å². The van der Waals surface area contributed by atoms with Crippen LogP contribution in [0.4, 0.5) is 0 Å². The highest BCUT2D eigenvalue weighted by molar-refractivity contribution is 14.3. The summed E-state index contributed by atoms with van der Waals surface area (Å²) in [7, 11) is 0. The quantitative estimate of drug-likeness (QED) is 0.268. The lowest BCUT2D eigenvalue weighted by atomic mass is 10.1. The van der Waals surface area contributed by atoms with Crippen LogP contribution in [0.1, 0.15) is 45.4 Å². The van der Waals surface area contributed by atoms with Crippen LogP contribution in [-0.4, -0.2) is -0.565 Å². The second kappa shape index (κ2) is 7.58. The van der Waals surface area contributed by atoms with E-state index >= 15 is 0 Å². The van der Waals surface area contributed by atoms with Gasteiger partial charge in [-0.2, -0.15) is 0 Å². The lowest BCUT2D eigenvalue weighted by molar-refractivity contribution is 0.625. The fourth-order valence-corrected chi connectivity index (χ4v) is 2.07. The zero-order chi connectivity index (χ0) is 8.74. The molecule has 0 aliphatic rings. The van der Waals surface area contributed by atoms with E-state index in [1.165, 1.54) is 38.5 Å². The number of unbranched alkanes of at least 4 members (excludes halogenated alkanes) is 4. The highest BCUT2D eigenvalue weighted by atomic mass is 127. The molecule has 0 radical (unpaired) electrons. The second-order valence-corrected chi connectivity index (χ2v) is 14.5. The fraction of sp³-hybridized carbons (Fsp3) is 1.00. The Morgan fingerprint density at radius 2 is 1.45 bits per heavy atom. The van der Waals surface area contributed by atoms with Crippen LogP contribution in [0.3, 0.4) is 0 Å². The maximum atomic E-state index is 2.51. The smallest absolute Gasteiger partial charge is 0.0654 e. The summed E-state index contributed by atoms with van der Waals surface area (Å²) in [5.41, 5.74) is 0. The first-order valence-electron chi connectivity index (χ1n) is 4.13. The van der Waals surface area contributed by atoms with Gasteiger partial charge in [0.05, 0.1) is 0 Å². The first-order chi connectivity index (χ1) is 5.06. The van der Waals surface area contributed by atoms with Crippen LogP contribution in [0.25, 0.3) is 0 Å². The minimum absolute atomic E-state index is 0.458. The van der Waals surface area contributed by atoms with Gasteiger partial charge in [-0.15, -0.1) is 0 Å². The predicted octanol–water partition coefficient (Wildman–Crippen LogP) is 5.31. The summed E-state index contributed by atoms with van der Waals surface area (Å²) in [6.45, 7) is 2.26. The standard InChI is InChI=1S/C8H15I3/c1-2-3-4-5-6-7-8(9,10)11/h2-7H2,1H3.